The van der Waals surface area contributed by atoms with Crippen molar-refractivity contribution in [2.45, 2.75) is 13.1 Å². The van der Waals surface area contributed by atoms with Gasteiger partial charge in [-0.1, -0.05) is 0 Å². The average Bonchev–Trinajstić information content (AvgIpc) is 3.08. The van der Waals surface area contributed by atoms with Gasteiger partial charge < -0.3 is 19.7 Å². The van der Waals surface area contributed by atoms with Gasteiger partial charge in [-0.05, 0) is 30.7 Å². The Balaban J connectivity index is 2.05. The second kappa shape index (κ2) is 8.65. The SMILES string of the molecule is COc1cc(NC(=O)c2sc3nc(C(F)(F)F)ccc3c2C)c(C(=O)N(C)C)cc1OC. The van der Waals surface area contributed by atoms with E-state index in [1.54, 1.807) is 21.0 Å². The van der Waals surface area contributed by atoms with Gasteiger partial charge in [0.05, 0.1) is 30.3 Å². The van der Waals surface area contributed by atoms with E-state index in [-0.39, 0.29) is 26.9 Å². The van der Waals surface area contributed by atoms with Crippen LogP contribution < -0.4 is 14.8 Å². The van der Waals surface area contributed by atoms with E-state index in [0.717, 1.165) is 17.4 Å². The molecule has 1 aromatic carbocycles. The molecule has 0 saturated carbocycles. The van der Waals surface area contributed by atoms with Crippen molar-refractivity contribution in [2.75, 3.05) is 33.6 Å². The quantitative estimate of drug-likeness (QED) is 0.594. The third-order valence-electron chi connectivity index (χ3n) is 4.71. The first-order valence-electron chi connectivity index (χ1n) is 9.24. The monoisotopic (exact) mass is 467 g/mol. The van der Waals surface area contributed by atoms with Crippen molar-refractivity contribution in [3.05, 3.63) is 46.0 Å². The molecule has 1 N–H and O–H groups in total. The molecule has 0 radical (unpaired) electrons. The molecule has 7 nitrogen and oxygen atoms in total. The van der Waals surface area contributed by atoms with Crippen molar-refractivity contribution in [2.24, 2.45) is 0 Å². The van der Waals surface area contributed by atoms with Gasteiger partial charge >= 0.3 is 6.18 Å². The van der Waals surface area contributed by atoms with E-state index in [2.05, 4.69) is 10.3 Å². The van der Waals surface area contributed by atoms with Gasteiger partial charge in [0.15, 0.2) is 11.5 Å². The van der Waals surface area contributed by atoms with E-state index in [0.29, 0.717) is 22.4 Å². The number of anilines is 1. The van der Waals surface area contributed by atoms with Gasteiger partial charge in [-0.25, -0.2) is 4.98 Å². The zero-order valence-electron chi connectivity index (χ0n) is 17.9. The van der Waals surface area contributed by atoms with E-state index < -0.39 is 17.8 Å². The Morgan fingerprint density at radius 2 is 1.72 bits per heavy atom. The topological polar surface area (TPSA) is 80.8 Å². The summed E-state index contributed by atoms with van der Waals surface area (Å²) in [6, 6.07) is 5.08. The van der Waals surface area contributed by atoms with Gasteiger partial charge in [0.2, 0.25) is 0 Å². The number of nitrogens with one attached hydrogen (secondary N) is 1. The number of methoxy groups -OCH3 is 2. The van der Waals surface area contributed by atoms with E-state index in [1.165, 1.54) is 37.3 Å². The number of aromatic nitrogens is 1. The first-order chi connectivity index (χ1) is 15.0. The lowest BCUT2D eigenvalue weighted by molar-refractivity contribution is -0.140. The Labute approximate surface area is 185 Å². The fourth-order valence-corrected chi connectivity index (χ4v) is 4.13. The Morgan fingerprint density at radius 3 is 2.28 bits per heavy atom. The molecule has 0 atom stereocenters. The molecular weight excluding hydrogens is 447 g/mol. The molecule has 0 aliphatic carbocycles. The number of amides is 2. The maximum absolute atomic E-state index is 13.0. The van der Waals surface area contributed by atoms with Crippen LogP contribution in [0.25, 0.3) is 10.2 Å². The number of aryl methyl sites for hydroxylation is 1. The lowest BCUT2D eigenvalue weighted by Gasteiger charge is -2.17. The minimum atomic E-state index is -4.59. The molecule has 2 heterocycles. The molecule has 0 spiro atoms. The molecule has 170 valence electrons. The maximum atomic E-state index is 13.0. The number of pyridine rings is 1. The van der Waals surface area contributed by atoms with Gasteiger partial charge in [0, 0.05) is 25.5 Å². The van der Waals surface area contributed by atoms with Crippen LogP contribution in [0.3, 0.4) is 0 Å². The number of ether oxygens (including phenoxy) is 2. The average molecular weight is 467 g/mol. The lowest BCUT2D eigenvalue weighted by atomic mass is 10.1. The molecule has 0 aliphatic heterocycles. The molecule has 0 fully saturated rings. The van der Waals surface area contributed by atoms with Crippen LogP contribution in [0, 0.1) is 6.92 Å². The van der Waals surface area contributed by atoms with E-state index in [9.17, 15) is 22.8 Å². The van der Waals surface area contributed by atoms with Crippen LogP contribution in [0.15, 0.2) is 24.3 Å². The zero-order valence-corrected chi connectivity index (χ0v) is 18.7. The largest absolute Gasteiger partial charge is 0.493 e. The minimum Gasteiger partial charge on any atom is -0.493 e. The minimum absolute atomic E-state index is 0.0966. The number of carbonyl (C=O) groups excluding carboxylic acids is 2. The third-order valence-corrected chi connectivity index (χ3v) is 5.91. The standard InChI is InChI=1S/C21H20F3N3O4S/c1-10-11-6-7-16(21(22,23)24)26-19(11)32-17(10)18(28)25-13-9-15(31-5)14(30-4)8-12(13)20(29)27(2)3/h6-9H,1-5H3,(H,25,28). The van der Waals surface area contributed by atoms with Gasteiger partial charge in [-0.15, -0.1) is 11.3 Å². The van der Waals surface area contributed by atoms with E-state index >= 15 is 0 Å². The van der Waals surface area contributed by atoms with Crippen LogP contribution in [0.5, 0.6) is 11.5 Å². The zero-order chi connectivity index (χ0) is 23.8. The number of hydrogen-bond acceptors (Lipinski definition) is 6. The Kier molecular flexibility index (Phi) is 6.31. The highest BCUT2D eigenvalue weighted by molar-refractivity contribution is 7.20. The molecule has 0 saturated heterocycles. The number of fused-ring (bicyclic) bond motifs is 1. The molecule has 2 aromatic heterocycles. The van der Waals surface area contributed by atoms with Crippen molar-refractivity contribution in [1.82, 2.24) is 9.88 Å². The van der Waals surface area contributed by atoms with Gasteiger partial charge in [-0.2, -0.15) is 13.2 Å². The summed E-state index contributed by atoms with van der Waals surface area (Å²) in [7, 11) is 5.95. The molecule has 3 aromatic rings. The van der Waals surface area contributed by atoms with Crippen molar-refractivity contribution in [3.63, 3.8) is 0 Å². The highest BCUT2D eigenvalue weighted by atomic mass is 32.1. The van der Waals surface area contributed by atoms with Crippen LogP contribution in [-0.4, -0.2) is 50.0 Å². The van der Waals surface area contributed by atoms with Gasteiger partial charge in [0.25, 0.3) is 11.8 Å². The third kappa shape index (κ3) is 4.33. The van der Waals surface area contributed by atoms with E-state index in [4.69, 9.17) is 9.47 Å². The maximum Gasteiger partial charge on any atom is 0.433 e. The molecule has 32 heavy (non-hydrogen) atoms. The van der Waals surface area contributed by atoms with Crippen molar-refractivity contribution in [3.8, 4) is 11.5 Å². The fourth-order valence-electron chi connectivity index (χ4n) is 3.05. The first-order valence-corrected chi connectivity index (χ1v) is 10.1. The van der Waals surface area contributed by atoms with Crippen LogP contribution >= 0.6 is 11.3 Å². The molecule has 0 bridgehead atoms. The van der Waals surface area contributed by atoms with Crippen LogP contribution in [0.4, 0.5) is 18.9 Å². The van der Waals surface area contributed by atoms with Crippen LogP contribution in [0.2, 0.25) is 0 Å². The van der Waals surface area contributed by atoms with Crippen molar-refractivity contribution >= 4 is 39.1 Å². The smallest absolute Gasteiger partial charge is 0.433 e. The van der Waals surface area contributed by atoms with Gasteiger partial charge in [0.1, 0.15) is 10.5 Å². The summed E-state index contributed by atoms with van der Waals surface area (Å²) in [5, 5.41) is 3.12. The molecule has 0 aliphatic rings. The highest BCUT2D eigenvalue weighted by Gasteiger charge is 2.33. The van der Waals surface area contributed by atoms with Gasteiger partial charge in [-0.3, -0.25) is 9.59 Å². The number of nitrogens with zero attached hydrogens (tertiary/aromatic N) is 2. The molecule has 0 unspecified atom stereocenters. The Hall–Kier alpha value is -3.34. The van der Waals surface area contributed by atoms with Crippen molar-refractivity contribution in [1.29, 1.82) is 0 Å². The Morgan fingerprint density at radius 1 is 1.09 bits per heavy atom. The summed E-state index contributed by atoms with van der Waals surface area (Å²) in [5.74, 6) is -0.370. The number of hydrogen-bond donors (Lipinski definition) is 1. The predicted molar refractivity (Wildman–Crippen MR) is 115 cm³/mol. The number of thiophene rings is 1. The normalized spacial score (nSPS) is 11.4. The summed E-state index contributed by atoms with van der Waals surface area (Å²) in [4.78, 5) is 31.0. The summed E-state index contributed by atoms with van der Waals surface area (Å²) >= 11 is 0.845. The number of benzene rings is 1. The predicted octanol–water partition coefficient (Wildman–Crippen LogP) is 4.59. The molecule has 2 amide bonds. The number of rotatable bonds is 5. The second-order valence-electron chi connectivity index (χ2n) is 7.01. The fraction of sp³-hybridized carbons (Fsp3) is 0.286. The summed E-state index contributed by atoms with van der Waals surface area (Å²) in [6.45, 7) is 1.63. The number of halogens is 3. The molecule has 11 heteroatoms. The number of alkyl halides is 3. The summed E-state index contributed by atoms with van der Waals surface area (Å²) in [6.07, 6.45) is -4.59. The van der Waals surface area contributed by atoms with Crippen molar-refractivity contribution < 1.29 is 32.2 Å². The second-order valence-corrected chi connectivity index (χ2v) is 8.01. The summed E-state index contributed by atoms with van der Waals surface area (Å²) < 4.78 is 49.5. The lowest BCUT2D eigenvalue weighted by Crippen LogP contribution is -2.24. The number of carbonyl (C=O) groups is 2. The van der Waals surface area contributed by atoms with Crippen LogP contribution in [0.1, 0.15) is 31.3 Å². The molecule has 3 rings (SSSR count). The highest BCUT2D eigenvalue weighted by Crippen LogP contribution is 2.37. The summed E-state index contributed by atoms with van der Waals surface area (Å²) in [5.41, 5.74) is -0.203. The van der Waals surface area contributed by atoms with Crippen LogP contribution in [-0.2, 0) is 6.18 Å². The Bertz CT molecular complexity index is 1210. The first kappa shape index (κ1) is 23.3. The molecular formula is C21H20F3N3O4S. The van der Waals surface area contributed by atoms with E-state index in [1.807, 2.05) is 0 Å².